The number of carbonyl (C=O) groups is 2. The summed E-state index contributed by atoms with van der Waals surface area (Å²) in [5.74, 6) is 0.386. The van der Waals surface area contributed by atoms with Gasteiger partial charge in [0.2, 0.25) is 5.91 Å². The largest absolute Gasteiger partial charge is 0.350 e. The Morgan fingerprint density at radius 3 is 2.59 bits per heavy atom. The van der Waals surface area contributed by atoms with E-state index in [-0.39, 0.29) is 11.8 Å². The van der Waals surface area contributed by atoms with Gasteiger partial charge in [0.15, 0.2) is 0 Å². The normalized spacial score (nSPS) is 12.7. The molecule has 7 heteroatoms. The summed E-state index contributed by atoms with van der Waals surface area (Å²) in [6, 6.07) is 23.1. The highest BCUT2D eigenvalue weighted by atomic mass is 35.5. The van der Waals surface area contributed by atoms with Crippen LogP contribution in [0.1, 0.15) is 15.9 Å². The SMILES string of the molecule is O=C(NCCn1cc(SCC(=O)N2CCc3ccccc32)c2ccccc21)c1ccc(Cl)cc1. The molecule has 3 aromatic carbocycles. The van der Waals surface area contributed by atoms with E-state index in [1.807, 2.05) is 35.2 Å². The third-order valence-corrected chi connectivity index (χ3v) is 7.32. The summed E-state index contributed by atoms with van der Waals surface area (Å²) in [4.78, 5) is 28.3. The molecule has 0 atom stereocenters. The van der Waals surface area contributed by atoms with Crippen molar-refractivity contribution in [2.24, 2.45) is 0 Å². The lowest BCUT2D eigenvalue weighted by molar-refractivity contribution is -0.116. The highest BCUT2D eigenvalue weighted by Crippen LogP contribution is 2.32. The molecule has 0 bridgehead atoms. The quantitative estimate of drug-likeness (QED) is 0.353. The molecule has 0 saturated carbocycles. The van der Waals surface area contributed by atoms with Crippen LogP contribution in [-0.4, -0.2) is 35.2 Å². The average molecular weight is 490 g/mol. The molecule has 0 radical (unpaired) electrons. The van der Waals surface area contributed by atoms with E-state index in [9.17, 15) is 9.59 Å². The van der Waals surface area contributed by atoms with Crippen molar-refractivity contribution in [2.75, 3.05) is 23.7 Å². The van der Waals surface area contributed by atoms with Crippen LogP contribution in [0.2, 0.25) is 5.02 Å². The third-order valence-electron chi connectivity index (χ3n) is 6.04. The van der Waals surface area contributed by atoms with Gasteiger partial charge in [0.05, 0.1) is 5.75 Å². The van der Waals surface area contributed by atoms with E-state index in [1.54, 1.807) is 36.0 Å². The van der Waals surface area contributed by atoms with Crippen LogP contribution in [0.4, 0.5) is 5.69 Å². The molecule has 4 aromatic rings. The fourth-order valence-electron chi connectivity index (χ4n) is 4.32. The molecule has 34 heavy (non-hydrogen) atoms. The zero-order chi connectivity index (χ0) is 23.5. The summed E-state index contributed by atoms with van der Waals surface area (Å²) in [5, 5.41) is 4.69. The molecule has 0 saturated heterocycles. The first kappa shape index (κ1) is 22.6. The number of nitrogens with zero attached hydrogens (tertiary/aromatic N) is 2. The number of fused-ring (bicyclic) bond motifs is 2. The van der Waals surface area contributed by atoms with Gasteiger partial charge in [0.25, 0.3) is 5.91 Å². The average Bonchev–Trinajstić information content (AvgIpc) is 3.45. The van der Waals surface area contributed by atoms with Crippen LogP contribution in [0.25, 0.3) is 10.9 Å². The van der Waals surface area contributed by atoms with Crippen molar-refractivity contribution in [3.8, 4) is 0 Å². The molecule has 5 rings (SSSR count). The van der Waals surface area contributed by atoms with Gasteiger partial charge in [-0.05, 0) is 48.4 Å². The lowest BCUT2D eigenvalue weighted by atomic mass is 10.2. The number of aromatic nitrogens is 1. The molecule has 1 N–H and O–H groups in total. The van der Waals surface area contributed by atoms with Crippen molar-refractivity contribution in [2.45, 2.75) is 17.9 Å². The van der Waals surface area contributed by atoms with Crippen LogP contribution in [-0.2, 0) is 17.8 Å². The first-order valence-corrected chi connectivity index (χ1v) is 12.6. The van der Waals surface area contributed by atoms with Gasteiger partial charge in [-0.25, -0.2) is 0 Å². The summed E-state index contributed by atoms with van der Waals surface area (Å²) in [6.45, 7) is 1.87. The van der Waals surface area contributed by atoms with E-state index in [1.165, 1.54) is 5.56 Å². The van der Waals surface area contributed by atoms with Gasteiger partial charge in [-0.3, -0.25) is 9.59 Å². The molecule has 0 unspecified atom stereocenters. The summed E-state index contributed by atoms with van der Waals surface area (Å²) in [7, 11) is 0. The van der Waals surface area contributed by atoms with Gasteiger partial charge in [-0.2, -0.15) is 0 Å². The number of halogens is 1. The predicted octanol–water partition coefficient (Wildman–Crippen LogP) is 5.41. The molecule has 2 heterocycles. The minimum atomic E-state index is -0.126. The van der Waals surface area contributed by atoms with E-state index in [0.717, 1.165) is 34.5 Å². The minimum Gasteiger partial charge on any atom is -0.350 e. The van der Waals surface area contributed by atoms with Crippen molar-refractivity contribution in [3.05, 3.63) is 95.1 Å². The van der Waals surface area contributed by atoms with Crippen LogP contribution >= 0.6 is 23.4 Å². The topological polar surface area (TPSA) is 54.3 Å². The van der Waals surface area contributed by atoms with E-state index >= 15 is 0 Å². The minimum absolute atomic E-state index is 0.126. The molecule has 0 aliphatic carbocycles. The molecule has 2 amide bonds. The monoisotopic (exact) mass is 489 g/mol. The van der Waals surface area contributed by atoms with E-state index < -0.39 is 0 Å². The summed E-state index contributed by atoms with van der Waals surface area (Å²) in [5.41, 5.74) is 3.94. The maximum atomic E-state index is 13.0. The fraction of sp³-hybridized carbons (Fsp3) is 0.185. The van der Waals surface area contributed by atoms with Gasteiger partial charge < -0.3 is 14.8 Å². The highest BCUT2D eigenvalue weighted by molar-refractivity contribution is 8.00. The number of thioether (sulfide) groups is 1. The molecule has 172 valence electrons. The first-order chi connectivity index (χ1) is 16.6. The summed E-state index contributed by atoms with van der Waals surface area (Å²) < 4.78 is 2.13. The Morgan fingerprint density at radius 1 is 0.971 bits per heavy atom. The van der Waals surface area contributed by atoms with E-state index in [4.69, 9.17) is 11.6 Å². The molecule has 1 aliphatic rings. The van der Waals surface area contributed by atoms with E-state index in [2.05, 4.69) is 34.3 Å². The number of nitrogens with one attached hydrogen (secondary N) is 1. The number of carbonyl (C=O) groups excluding carboxylic acids is 2. The number of para-hydroxylation sites is 2. The summed E-state index contributed by atoms with van der Waals surface area (Å²) >= 11 is 7.47. The van der Waals surface area contributed by atoms with Gasteiger partial charge in [-0.1, -0.05) is 48.0 Å². The Hall–Kier alpha value is -3.22. The Morgan fingerprint density at radius 2 is 1.74 bits per heavy atom. The second-order valence-corrected chi connectivity index (χ2v) is 9.63. The van der Waals surface area contributed by atoms with Crippen LogP contribution in [0.5, 0.6) is 0 Å². The molecule has 0 fully saturated rings. The van der Waals surface area contributed by atoms with Crippen molar-refractivity contribution in [1.82, 2.24) is 9.88 Å². The summed E-state index contributed by atoms with van der Waals surface area (Å²) in [6.07, 6.45) is 2.99. The molecular weight excluding hydrogens is 466 g/mol. The molecule has 5 nitrogen and oxygen atoms in total. The van der Waals surface area contributed by atoms with E-state index in [0.29, 0.717) is 29.4 Å². The van der Waals surface area contributed by atoms with Crippen molar-refractivity contribution in [1.29, 1.82) is 0 Å². The number of hydrogen-bond acceptors (Lipinski definition) is 3. The Balaban J connectivity index is 1.24. The molecule has 1 aliphatic heterocycles. The first-order valence-electron chi connectivity index (χ1n) is 11.2. The Labute approximate surface area is 207 Å². The van der Waals surface area contributed by atoms with Crippen LogP contribution in [0.15, 0.2) is 83.9 Å². The second-order valence-electron chi connectivity index (χ2n) is 8.18. The third kappa shape index (κ3) is 4.69. The molecule has 1 aromatic heterocycles. The Kier molecular flexibility index (Phi) is 6.61. The fourth-order valence-corrected chi connectivity index (χ4v) is 5.41. The zero-order valence-corrected chi connectivity index (χ0v) is 20.1. The van der Waals surface area contributed by atoms with Crippen molar-refractivity contribution < 1.29 is 9.59 Å². The Bertz CT molecular complexity index is 1350. The lowest BCUT2D eigenvalue weighted by Crippen LogP contribution is -2.30. The van der Waals surface area contributed by atoms with Crippen molar-refractivity contribution in [3.63, 3.8) is 0 Å². The predicted molar refractivity (Wildman–Crippen MR) is 139 cm³/mol. The number of hydrogen-bond donors (Lipinski definition) is 1. The standard InChI is InChI=1S/C27H24ClN3O2S/c28-21-11-9-20(10-12-21)27(33)29-14-16-30-17-25(22-6-2-4-8-24(22)30)34-18-26(32)31-15-13-19-5-1-3-7-23(19)31/h1-12,17H,13-16,18H2,(H,29,33). The van der Waals surface area contributed by atoms with Crippen molar-refractivity contribution >= 4 is 51.8 Å². The second kappa shape index (κ2) is 9.95. The van der Waals surface area contributed by atoms with Crippen LogP contribution in [0, 0.1) is 0 Å². The van der Waals surface area contributed by atoms with Gasteiger partial charge >= 0.3 is 0 Å². The molecule has 0 spiro atoms. The number of amides is 2. The molecular formula is C27H24ClN3O2S. The maximum absolute atomic E-state index is 13.0. The van der Waals surface area contributed by atoms with Crippen LogP contribution in [0.3, 0.4) is 0 Å². The lowest BCUT2D eigenvalue weighted by Gasteiger charge is -2.16. The van der Waals surface area contributed by atoms with Gasteiger partial charge in [-0.15, -0.1) is 11.8 Å². The van der Waals surface area contributed by atoms with Gasteiger partial charge in [0, 0.05) is 57.9 Å². The maximum Gasteiger partial charge on any atom is 0.251 e. The zero-order valence-electron chi connectivity index (χ0n) is 18.5. The number of benzene rings is 3. The van der Waals surface area contributed by atoms with Gasteiger partial charge in [0.1, 0.15) is 0 Å². The number of anilines is 1. The highest BCUT2D eigenvalue weighted by Gasteiger charge is 2.24. The smallest absolute Gasteiger partial charge is 0.251 e. The van der Waals surface area contributed by atoms with Crippen LogP contribution < -0.4 is 10.2 Å². The number of rotatable bonds is 7.